The molecule has 4 nitrogen and oxygen atoms in total. The molecule has 5 heteroatoms. The summed E-state index contributed by atoms with van der Waals surface area (Å²) in [6, 6.07) is 6.09. The first-order chi connectivity index (χ1) is 11.3. The van der Waals surface area contributed by atoms with Crippen LogP contribution in [0.5, 0.6) is 0 Å². The molecular weight excluding hydrogens is 308 g/mol. The van der Waals surface area contributed by atoms with Gasteiger partial charge in [-0.3, -0.25) is 4.79 Å². The lowest BCUT2D eigenvalue weighted by atomic mass is 10.1. The first-order valence-corrected chi connectivity index (χ1v) is 8.98. The molecule has 0 unspecified atom stereocenters. The number of nitriles is 1. The summed E-state index contributed by atoms with van der Waals surface area (Å²) in [5.74, 6) is 1.05. The quantitative estimate of drug-likeness (QED) is 0.859. The van der Waals surface area contributed by atoms with Crippen molar-refractivity contribution in [2.24, 2.45) is 5.92 Å². The van der Waals surface area contributed by atoms with E-state index in [4.69, 9.17) is 4.42 Å². The Bertz CT molecular complexity index is 770. The Kier molecular flexibility index (Phi) is 3.70. The van der Waals surface area contributed by atoms with Gasteiger partial charge in [0, 0.05) is 16.7 Å². The van der Waals surface area contributed by atoms with E-state index < -0.39 is 0 Å². The zero-order valence-electron chi connectivity index (χ0n) is 12.8. The molecule has 2 aromatic rings. The topological polar surface area (TPSA) is 66.0 Å². The van der Waals surface area contributed by atoms with Crippen LogP contribution in [0.15, 0.2) is 22.8 Å². The number of amides is 1. The van der Waals surface area contributed by atoms with Gasteiger partial charge in [0.1, 0.15) is 16.8 Å². The summed E-state index contributed by atoms with van der Waals surface area (Å²) in [6.45, 7) is 0. The number of nitrogens with zero attached hydrogens (tertiary/aromatic N) is 1. The maximum Gasteiger partial charge on any atom is 0.228 e. The molecule has 1 saturated carbocycles. The number of hydrogen-bond donors (Lipinski definition) is 1. The third-order valence-corrected chi connectivity index (χ3v) is 6.01. The molecular formula is C18H18N2O2S. The summed E-state index contributed by atoms with van der Waals surface area (Å²) in [5.41, 5.74) is 1.86. The van der Waals surface area contributed by atoms with Gasteiger partial charge in [-0.1, -0.05) is 6.42 Å². The van der Waals surface area contributed by atoms with E-state index in [0.717, 1.165) is 36.4 Å². The number of anilines is 1. The predicted molar refractivity (Wildman–Crippen MR) is 88.5 cm³/mol. The molecule has 1 amide bonds. The van der Waals surface area contributed by atoms with Crippen molar-refractivity contribution in [3.63, 3.8) is 0 Å². The molecule has 2 heterocycles. The van der Waals surface area contributed by atoms with Crippen molar-refractivity contribution in [1.82, 2.24) is 0 Å². The van der Waals surface area contributed by atoms with Gasteiger partial charge in [0.15, 0.2) is 0 Å². The van der Waals surface area contributed by atoms with Crippen LogP contribution in [0.25, 0.3) is 0 Å². The lowest BCUT2D eigenvalue weighted by molar-refractivity contribution is -0.117. The first kappa shape index (κ1) is 14.5. The highest BCUT2D eigenvalue weighted by Gasteiger charge is 2.46. The number of rotatable bonds is 3. The summed E-state index contributed by atoms with van der Waals surface area (Å²) in [6.07, 6.45) is 8.00. The van der Waals surface area contributed by atoms with Crippen molar-refractivity contribution in [3.8, 4) is 6.07 Å². The lowest BCUT2D eigenvalue weighted by Crippen LogP contribution is -2.14. The van der Waals surface area contributed by atoms with Crippen LogP contribution in [0.3, 0.4) is 0 Å². The maximum atomic E-state index is 12.5. The highest BCUT2D eigenvalue weighted by molar-refractivity contribution is 7.16. The number of fused-ring (bicyclic) bond motifs is 1. The number of carbonyl (C=O) groups excluding carboxylic acids is 1. The SMILES string of the molecule is N#Cc1c(NC(=O)[C@H]2C[C@H]2c2ccco2)sc2c1CCCCC2. The molecule has 2 aliphatic rings. The van der Waals surface area contributed by atoms with Gasteiger partial charge >= 0.3 is 0 Å². The molecule has 2 aromatic heterocycles. The van der Waals surface area contributed by atoms with Crippen molar-refractivity contribution in [2.75, 3.05) is 5.32 Å². The fraction of sp³-hybridized carbons (Fsp3) is 0.444. The molecule has 1 N–H and O–H groups in total. The molecule has 0 aromatic carbocycles. The Hall–Kier alpha value is -2.06. The van der Waals surface area contributed by atoms with Gasteiger partial charge in [-0.25, -0.2) is 0 Å². The highest BCUT2D eigenvalue weighted by Crippen LogP contribution is 2.48. The summed E-state index contributed by atoms with van der Waals surface area (Å²) in [4.78, 5) is 13.8. The number of furan rings is 1. The molecule has 0 saturated heterocycles. The number of aryl methyl sites for hydroxylation is 1. The normalized spacial score (nSPS) is 22.7. The summed E-state index contributed by atoms with van der Waals surface area (Å²) in [5, 5.41) is 13.3. The summed E-state index contributed by atoms with van der Waals surface area (Å²) in [7, 11) is 0. The minimum absolute atomic E-state index is 0.0132. The Morgan fingerprint density at radius 3 is 3.00 bits per heavy atom. The Morgan fingerprint density at radius 1 is 1.35 bits per heavy atom. The largest absolute Gasteiger partial charge is 0.469 e. The van der Waals surface area contributed by atoms with Crippen LogP contribution < -0.4 is 5.32 Å². The molecule has 0 radical (unpaired) electrons. The van der Waals surface area contributed by atoms with Gasteiger partial charge in [0.25, 0.3) is 0 Å². The van der Waals surface area contributed by atoms with Gasteiger partial charge in [-0.05, 0) is 49.8 Å². The van der Waals surface area contributed by atoms with Crippen molar-refractivity contribution in [1.29, 1.82) is 5.26 Å². The molecule has 1 fully saturated rings. The monoisotopic (exact) mass is 326 g/mol. The Balaban J connectivity index is 1.51. The van der Waals surface area contributed by atoms with Gasteiger partial charge in [0.2, 0.25) is 5.91 Å². The van der Waals surface area contributed by atoms with E-state index in [1.54, 1.807) is 17.6 Å². The van der Waals surface area contributed by atoms with E-state index in [9.17, 15) is 10.1 Å². The van der Waals surface area contributed by atoms with E-state index in [1.807, 2.05) is 12.1 Å². The van der Waals surface area contributed by atoms with Gasteiger partial charge in [-0.2, -0.15) is 5.26 Å². The third-order valence-electron chi connectivity index (χ3n) is 4.81. The highest BCUT2D eigenvalue weighted by atomic mass is 32.1. The molecule has 4 rings (SSSR count). The van der Waals surface area contributed by atoms with Crippen LogP contribution in [0.1, 0.15) is 53.4 Å². The van der Waals surface area contributed by atoms with Gasteiger partial charge < -0.3 is 9.73 Å². The molecule has 118 valence electrons. The van der Waals surface area contributed by atoms with Crippen LogP contribution >= 0.6 is 11.3 Å². The van der Waals surface area contributed by atoms with E-state index >= 15 is 0 Å². The number of nitrogens with one attached hydrogen (secondary N) is 1. The van der Waals surface area contributed by atoms with Crippen LogP contribution in [-0.4, -0.2) is 5.91 Å². The Morgan fingerprint density at radius 2 is 2.22 bits per heavy atom. The van der Waals surface area contributed by atoms with E-state index in [1.165, 1.54) is 23.3 Å². The zero-order chi connectivity index (χ0) is 15.8. The lowest BCUT2D eigenvalue weighted by Gasteiger charge is -2.03. The van der Waals surface area contributed by atoms with Gasteiger partial charge in [-0.15, -0.1) is 11.3 Å². The average Bonchev–Trinajstić information content (AvgIpc) is 3.13. The van der Waals surface area contributed by atoms with Gasteiger partial charge in [0.05, 0.1) is 11.8 Å². The second kappa shape index (κ2) is 5.86. The molecule has 2 aliphatic carbocycles. The third kappa shape index (κ3) is 2.68. The summed E-state index contributed by atoms with van der Waals surface area (Å²) >= 11 is 1.59. The molecule has 0 aliphatic heterocycles. The zero-order valence-corrected chi connectivity index (χ0v) is 13.6. The van der Waals surface area contributed by atoms with Crippen molar-refractivity contribution < 1.29 is 9.21 Å². The second-order valence-electron chi connectivity index (χ2n) is 6.33. The smallest absolute Gasteiger partial charge is 0.228 e. The van der Waals surface area contributed by atoms with Crippen molar-refractivity contribution in [2.45, 2.75) is 44.4 Å². The number of thiophene rings is 1. The first-order valence-electron chi connectivity index (χ1n) is 8.17. The predicted octanol–water partition coefficient (Wildman–Crippen LogP) is 4.22. The Labute approximate surface area is 139 Å². The maximum absolute atomic E-state index is 12.5. The molecule has 23 heavy (non-hydrogen) atoms. The van der Waals surface area contributed by atoms with Crippen molar-refractivity contribution >= 4 is 22.2 Å². The van der Waals surface area contributed by atoms with Crippen LogP contribution in [0, 0.1) is 17.2 Å². The standard InChI is InChI=1S/C18H18N2O2S/c19-10-14-11-5-2-1-3-7-16(11)23-18(14)20-17(21)13-9-12(13)15-6-4-8-22-15/h4,6,8,12-13H,1-3,5,7,9H2,(H,20,21)/t12-,13+/m1/s1. The molecule has 0 bridgehead atoms. The van der Waals surface area contributed by atoms with Crippen LogP contribution in [0.4, 0.5) is 5.00 Å². The van der Waals surface area contributed by atoms with E-state index in [2.05, 4.69) is 11.4 Å². The fourth-order valence-corrected chi connectivity index (χ4v) is 4.70. The van der Waals surface area contributed by atoms with Crippen LogP contribution in [0.2, 0.25) is 0 Å². The van der Waals surface area contributed by atoms with Crippen molar-refractivity contribution in [3.05, 3.63) is 40.2 Å². The summed E-state index contributed by atoms with van der Waals surface area (Å²) < 4.78 is 5.38. The number of hydrogen-bond acceptors (Lipinski definition) is 4. The average molecular weight is 326 g/mol. The van der Waals surface area contributed by atoms with Crippen LogP contribution in [-0.2, 0) is 17.6 Å². The molecule has 0 spiro atoms. The van der Waals surface area contributed by atoms with E-state index in [-0.39, 0.29) is 17.7 Å². The molecule has 2 atom stereocenters. The minimum atomic E-state index is -0.0328. The minimum Gasteiger partial charge on any atom is -0.469 e. The second-order valence-corrected chi connectivity index (χ2v) is 7.44. The van der Waals surface area contributed by atoms with E-state index in [0.29, 0.717) is 5.56 Å². The number of carbonyl (C=O) groups is 1. The fourth-order valence-electron chi connectivity index (χ4n) is 3.46.